The van der Waals surface area contributed by atoms with Gasteiger partial charge in [0.15, 0.2) is 0 Å². The van der Waals surface area contributed by atoms with Gasteiger partial charge in [0.1, 0.15) is 0 Å². The second-order valence-corrected chi connectivity index (χ2v) is 7.53. The van der Waals surface area contributed by atoms with Gasteiger partial charge in [0, 0.05) is 5.54 Å². The molecule has 0 fully saturated rings. The van der Waals surface area contributed by atoms with Crippen LogP contribution in [0.5, 0.6) is 0 Å². The SMILES string of the molecule is CC(C)(C)NNS(=O)(=O)C(C)(C)C. The molecule has 0 bridgehead atoms. The minimum atomic E-state index is -3.29. The lowest BCUT2D eigenvalue weighted by Gasteiger charge is -2.25. The maximum Gasteiger partial charge on any atom is 0.229 e. The molecule has 0 aliphatic heterocycles. The van der Waals surface area contributed by atoms with Crippen LogP contribution < -0.4 is 10.3 Å². The Morgan fingerprint density at radius 2 is 1.31 bits per heavy atom. The first-order valence-electron chi connectivity index (χ1n) is 4.24. The van der Waals surface area contributed by atoms with Crippen LogP contribution in [-0.2, 0) is 10.0 Å². The maximum atomic E-state index is 11.5. The van der Waals surface area contributed by atoms with Crippen LogP contribution in [0.25, 0.3) is 0 Å². The molecular formula is C8H20N2O2S. The average Bonchev–Trinajstić information content (AvgIpc) is 1.79. The van der Waals surface area contributed by atoms with Crippen molar-refractivity contribution in [1.82, 2.24) is 10.3 Å². The first kappa shape index (κ1) is 12.9. The Morgan fingerprint density at radius 3 is 1.54 bits per heavy atom. The first-order chi connectivity index (χ1) is 5.46. The van der Waals surface area contributed by atoms with E-state index in [4.69, 9.17) is 0 Å². The zero-order valence-corrected chi connectivity index (χ0v) is 10.0. The molecule has 0 saturated heterocycles. The highest BCUT2D eigenvalue weighted by molar-refractivity contribution is 7.90. The number of sulfonamides is 1. The quantitative estimate of drug-likeness (QED) is 0.666. The lowest BCUT2D eigenvalue weighted by atomic mass is 10.1. The van der Waals surface area contributed by atoms with Crippen molar-refractivity contribution >= 4 is 10.0 Å². The summed E-state index contributed by atoms with van der Waals surface area (Å²) in [5.74, 6) is 0. The highest BCUT2D eigenvalue weighted by Gasteiger charge is 2.29. The molecule has 80 valence electrons. The van der Waals surface area contributed by atoms with E-state index >= 15 is 0 Å². The van der Waals surface area contributed by atoms with Crippen LogP contribution in [-0.4, -0.2) is 18.7 Å². The summed E-state index contributed by atoms with van der Waals surface area (Å²) in [7, 11) is -3.29. The van der Waals surface area contributed by atoms with Gasteiger partial charge < -0.3 is 0 Å². The summed E-state index contributed by atoms with van der Waals surface area (Å²) in [6, 6.07) is 0. The molecule has 0 aromatic carbocycles. The van der Waals surface area contributed by atoms with Gasteiger partial charge in [0.25, 0.3) is 0 Å². The van der Waals surface area contributed by atoms with E-state index in [9.17, 15) is 8.42 Å². The molecule has 0 unspecified atom stereocenters. The third-order valence-electron chi connectivity index (χ3n) is 1.37. The van der Waals surface area contributed by atoms with Gasteiger partial charge in [-0.3, -0.25) is 0 Å². The lowest BCUT2D eigenvalue weighted by Crippen LogP contribution is -2.53. The Morgan fingerprint density at radius 1 is 0.923 bits per heavy atom. The fraction of sp³-hybridized carbons (Fsp3) is 1.00. The summed E-state index contributed by atoms with van der Waals surface area (Å²) in [5.41, 5.74) is 2.47. The van der Waals surface area contributed by atoms with Gasteiger partial charge in [-0.05, 0) is 41.5 Å². The highest BCUT2D eigenvalue weighted by Crippen LogP contribution is 2.12. The molecular weight excluding hydrogens is 188 g/mol. The molecule has 0 aliphatic carbocycles. The van der Waals surface area contributed by atoms with E-state index in [-0.39, 0.29) is 5.54 Å². The van der Waals surface area contributed by atoms with Crippen LogP contribution >= 0.6 is 0 Å². The summed E-state index contributed by atoms with van der Waals surface area (Å²) < 4.78 is 22.3. The Bertz CT molecular complexity index is 257. The number of nitrogens with one attached hydrogen (secondary N) is 2. The summed E-state index contributed by atoms with van der Waals surface area (Å²) in [6.07, 6.45) is 0. The van der Waals surface area contributed by atoms with Crippen molar-refractivity contribution in [3.05, 3.63) is 0 Å². The first-order valence-corrected chi connectivity index (χ1v) is 5.72. The van der Waals surface area contributed by atoms with Gasteiger partial charge in [-0.15, -0.1) is 0 Å². The van der Waals surface area contributed by atoms with Crippen molar-refractivity contribution in [3.8, 4) is 0 Å². The summed E-state index contributed by atoms with van der Waals surface area (Å²) in [4.78, 5) is 2.36. The van der Waals surface area contributed by atoms with Crippen molar-refractivity contribution in [2.75, 3.05) is 0 Å². The fourth-order valence-electron chi connectivity index (χ4n) is 0.373. The molecule has 0 atom stereocenters. The predicted octanol–water partition coefficient (Wildman–Crippen LogP) is 1.01. The molecule has 0 aliphatic rings. The summed E-state index contributed by atoms with van der Waals surface area (Å²) >= 11 is 0. The molecule has 0 saturated carbocycles. The second-order valence-electron chi connectivity index (χ2n) is 5.09. The molecule has 2 N–H and O–H groups in total. The zero-order valence-electron chi connectivity index (χ0n) is 9.22. The molecule has 0 aromatic rings. The highest BCUT2D eigenvalue weighted by atomic mass is 32.2. The largest absolute Gasteiger partial charge is 0.239 e. The Kier molecular flexibility index (Phi) is 3.52. The monoisotopic (exact) mass is 208 g/mol. The molecule has 0 rings (SSSR count). The maximum absolute atomic E-state index is 11.5. The van der Waals surface area contributed by atoms with Gasteiger partial charge in [0.2, 0.25) is 10.0 Å². The topological polar surface area (TPSA) is 58.2 Å². The molecule has 0 spiro atoms. The Labute approximate surface area is 81.1 Å². The van der Waals surface area contributed by atoms with Crippen LogP contribution in [0.3, 0.4) is 0 Å². The number of hydrazine groups is 1. The van der Waals surface area contributed by atoms with Crippen LogP contribution in [0.1, 0.15) is 41.5 Å². The normalized spacial score (nSPS) is 14.6. The summed E-state index contributed by atoms with van der Waals surface area (Å²) in [5, 5.41) is 0. The second kappa shape index (κ2) is 3.55. The van der Waals surface area contributed by atoms with E-state index < -0.39 is 14.8 Å². The van der Waals surface area contributed by atoms with E-state index in [1.807, 2.05) is 20.8 Å². The van der Waals surface area contributed by atoms with E-state index in [0.717, 1.165) is 0 Å². The third-order valence-corrected chi connectivity index (χ3v) is 3.35. The zero-order chi connectivity index (χ0) is 10.9. The number of hydrogen-bond donors (Lipinski definition) is 2. The molecule has 0 radical (unpaired) electrons. The Hall–Kier alpha value is -0.130. The van der Waals surface area contributed by atoms with E-state index in [1.54, 1.807) is 20.8 Å². The standard InChI is InChI=1S/C8H20N2O2S/c1-7(2,3)9-10-13(11,12)8(4,5)6/h9-10H,1-6H3. The fourth-order valence-corrected chi connectivity index (χ4v) is 1.12. The molecule has 4 nitrogen and oxygen atoms in total. The van der Waals surface area contributed by atoms with Gasteiger partial charge >= 0.3 is 0 Å². The van der Waals surface area contributed by atoms with Crippen LogP contribution in [0.2, 0.25) is 0 Å². The van der Waals surface area contributed by atoms with Gasteiger partial charge in [-0.1, -0.05) is 0 Å². The molecule has 13 heavy (non-hydrogen) atoms. The van der Waals surface area contributed by atoms with Crippen molar-refractivity contribution in [2.45, 2.75) is 51.8 Å². The minimum Gasteiger partial charge on any atom is -0.239 e. The third kappa shape index (κ3) is 4.59. The average molecular weight is 208 g/mol. The van der Waals surface area contributed by atoms with Crippen molar-refractivity contribution in [1.29, 1.82) is 0 Å². The smallest absolute Gasteiger partial charge is 0.229 e. The van der Waals surface area contributed by atoms with Crippen LogP contribution in [0.4, 0.5) is 0 Å². The Balaban J connectivity index is 4.40. The minimum absolute atomic E-state index is 0.266. The van der Waals surface area contributed by atoms with Crippen molar-refractivity contribution in [2.24, 2.45) is 0 Å². The van der Waals surface area contributed by atoms with Gasteiger partial charge in [-0.2, -0.15) is 4.83 Å². The molecule has 0 amide bonds. The van der Waals surface area contributed by atoms with Crippen molar-refractivity contribution in [3.63, 3.8) is 0 Å². The van der Waals surface area contributed by atoms with E-state index in [2.05, 4.69) is 10.3 Å². The van der Waals surface area contributed by atoms with Crippen LogP contribution in [0.15, 0.2) is 0 Å². The van der Waals surface area contributed by atoms with Gasteiger partial charge in [0.05, 0.1) is 4.75 Å². The van der Waals surface area contributed by atoms with E-state index in [0.29, 0.717) is 0 Å². The number of rotatable bonds is 2. The molecule has 0 heterocycles. The van der Waals surface area contributed by atoms with E-state index in [1.165, 1.54) is 0 Å². The lowest BCUT2D eigenvalue weighted by molar-refractivity contribution is 0.397. The molecule has 5 heteroatoms. The van der Waals surface area contributed by atoms with Gasteiger partial charge in [-0.25, -0.2) is 13.8 Å². The predicted molar refractivity (Wildman–Crippen MR) is 54.7 cm³/mol. The van der Waals surface area contributed by atoms with Crippen LogP contribution in [0, 0.1) is 0 Å². The molecule has 0 aromatic heterocycles. The number of hydrogen-bond acceptors (Lipinski definition) is 3. The van der Waals surface area contributed by atoms with Crippen molar-refractivity contribution < 1.29 is 8.42 Å². The summed E-state index contributed by atoms with van der Waals surface area (Å²) in [6.45, 7) is 10.6.